The van der Waals surface area contributed by atoms with E-state index in [9.17, 15) is 18.0 Å². The first-order chi connectivity index (χ1) is 13.8. The van der Waals surface area contributed by atoms with E-state index in [1.165, 1.54) is 18.2 Å². The predicted molar refractivity (Wildman–Crippen MR) is 112 cm³/mol. The van der Waals surface area contributed by atoms with Crippen LogP contribution >= 0.6 is 11.3 Å². The minimum Gasteiger partial charge on any atom is -0.452 e. The van der Waals surface area contributed by atoms with Crippen molar-refractivity contribution in [1.82, 2.24) is 0 Å². The molecule has 9 heteroatoms. The summed E-state index contributed by atoms with van der Waals surface area (Å²) in [6.45, 7) is 1.43. The van der Waals surface area contributed by atoms with Crippen molar-refractivity contribution in [1.29, 1.82) is 0 Å². The van der Waals surface area contributed by atoms with Gasteiger partial charge >= 0.3 is 5.97 Å². The Hall–Kier alpha value is -3.17. The normalized spacial score (nSPS) is 10.9. The molecule has 0 radical (unpaired) electrons. The van der Waals surface area contributed by atoms with Crippen molar-refractivity contribution in [3.05, 3.63) is 77.2 Å². The molecule has 0 atom stereocenters. The van der Waals surface area contributed by atoms with Crippen LogP contribution < -0.4 is 10.0 Å². The number of anilines is 2. The number of esters is 1. The summed E-state index contributed by atoms with van der Waals surface area (Å²) in [6.07, 6.45) is 0. The molecule has 150 valence electrons. The summed E-state index contributed by atoms with van der Waals surface area (Å²) < 4.78 is 32.4. The zero-order valence-corrected chi connectivity index (χ0v) is 17.0. The Morgan fingerprint density at radius 3 is 2.41 bits per heavy atom. The van der Waals surface area contributed by atoms with Crippen LogP contribution in [0.2, 0.25) is 0 Å². The summed E-state index contributed by atoms with van der Waals surface area (Å²) in [5, 5.41) is 4.26. The number of amides is 1. The molecule has 2 aromatic carbocycles. The van der Waals surface area contributed by atoms with Crippen LogP contribution in [0.3, 0.4) is 0 Å². The van der Waals surface area contributed by atoms with Gasteiger partial charge < -0.3 is 10.1 Å². The van der Waals surface area contributed by atoms with Gasteiger partial charge in [0.25, 0.3) is 15.9 Å². The molecule has 0 saturated carbocycles. The molecule has 3 aromatic rings. The molecule has 0 aliphatic rings. The van der Waals surface area contributed by atoms with Crippen LogP contribution in [0.4, 0.5) is 11.4 Å². The Morgan fingerprint density at radius 2 is 1.72 bits per heavy atom. The first-order valence-electron chi connectivity index (χ1n) is 8.54. The monoisotopic (exact) mass is 430 g/mol. The standard InChI is InChI=1S/C20H18N2O5S2/c1-14-8-10-15(11-9-14)21-18(23)13-27-20(24)16-5-2-3-6-17(16)22-29(25,26)19-7-4-12-28-19/h2-12,22H,13H2,1H3,(H,21,23). The fourth-order valence-electron chi connectivity index (χ4n) is 2.40. The molecule has 0 unspecified atom stereocenters. The topological polar surface area (TPSA) is 102 Å². The van der Waals surface area contributed by atoms with Crippen LogP contribution in [0.15, 0.2) is 70.3 Å². The molecule has 0 aliphatic carbocycles. The van der Waals surface area contributed by atoms with Crippen molar-refractivity contribution >= 4 is 44.6 Å². The van der Waals surface area contributed by atoms with Gasteiger partial charge in [-0.1, -0.05) is 35.9 Å². The lowest BCUT2D eigenvalue weighted by Gasteiger charge is -2.11. The average molecular weight is 431 g/mol. The number of rotatable bonds is 7. The molecule has 0 spiro atoms. The van der Waals surface area contributed by atoms with E-state index in [2.05, 4.69) is 10.0 Å². The Kier molecular flexibility index (Phi) is 6.30. The van der Waals surface area contributed by atoms with Crippen LogP contribution in [-0.2, 0) is 19.6 Å². The number of thiophene rings is 1. The summed E-state index contributed by atoms with van der Waals surface area (Å²) in [6, 6.07) is 16.3. The summed E-state index contributed by atoms with van der Waals surface area (Å²) >= 11 is 1.06. The van der Waals surface area contributed by atoms with Gasteiger partial charge in [-0.2, -0.15) is 0 Å². The summed E-state index contributed by atoms with van der Waals surface area (Å²) in [5.41, 5.74) is 1.72. The highest BCUT2D eigenvalue weighted by atomic mass is 32.2. The predicted octanol–water partition coefficient (Wildman–Crippen LogP) is 3.65. The van der Waals surface area contributed by atoms with Gasteiger partial charge in [0.05, 0.1) is 11.3 Å². The number of hydrogen-bond acceptors (Lipinski definition) is 6. The van der Waals surface area contributed by atoms with Gasteiger partial charge in [-0.25, -0.2) is 13.2 Å². The molecule has 1 heterocycles. The third-order valence-electron chi connectivity index (χ3n) is 3.82. The Bertz CT molecular complexity index is 1110. The van der Waals surface area contributed by atoms with Gasteiger partial charge in [-0.3, -0.25) is 9.52 Å². The molecule has 1 amide bonds. The van der Waals surface area contributed by atoms with Crippen LogP contribution in [0.1, 0.15) is 15.9 Å². The molecule has 0 saturated heterocycles. The van der Waals surface area contributed by atoms with Gasteiger partial charge in [0.2, 0.25) is 0 Å². The summed E-state index contributed by atoms with van der Waals surface area (Å²) in [7, 11) is -3.82. The summed E-state index contributed by atoms with van der Waals surface area (Å²) in [4.78, 5) is 24.4. The van der Waals surface area contributed by atoms with Crippen molar-refractivity contribution in [2.24, 2.45) is 0 Å². The highest BCUT2D eigenvalue weighted by Gasteiger charge is 2.20. The van der Waals surface area contributed by atoms with Gasteiger partial charge in [0, 0.05) is 5.69 Å². The molecular formula is C20H18N2O5S2. The smallest absolute Gasteiger partial charge is 0.340 e. The molecular weight excluding hydrogens is 412 g/mol. The Morgan fingerprint density at radius 1 is 1.00 bits per heavy atom. The largest absolute Gasteiger partial charge is 0.452 e. The van der Waals surface area contributed by atoms with Gasteiger partial charge in [-0.15, -0.1) is 11.3 Å². The number of sulfonamides is 1. The maximum Gasteiger partial charge on any atom is 0.340 e. The maximum absolute atomic E-state index is 12.4. The Balaban J connectivity index is 1.65. The van der Waals surface area contributed by atoms with Gasteiger partial charge in [0.15, 0.2) is 6.61 Å². The molecule has 2 N–H and O–H groups in total. The summed E-state index contributed by atoms with van der Waals surface area (Å²) in [5.74, 6) is -1.31. The van der Waals surface area contributed by atoms with E-state index in [1.54, 1.807) is 35.7 Å². The highest BCUT2D eigenvalue weighted by molar-refractivity contribution is 7.94. The fourth-order valence-corrected chi connectivity index (χ4v) is 4.48. The molecule has 0 bridgehead atoms. The van der Waals surface area contributed by atoms with E-state index in [4.69, 9.17) is 4.74 Å². The van der Waals surface area contributed by atoms with Crippen molar-refractivity contribution in [3.8, 4) is 0 Å². The number of aryl methyl sites for hydroxylation is 1. The van der Waals surface area contributed by atoms with Gasteiger partial charge in [0.1, 0.15) is 4.21 Å². The molecule has 0 aliphatic heterocycles. The number of carbonyl (C=O) groups excluding carboxylic acids is 2. The van der Waals surface area contributed by atoms with E-state index >= 15 is 0 Å². The minimum absolute atomic E-state index is 0.00997. The van der Waals surface area contributed by atoms with Crippen molar-refractivity contribution < 1.29 is 22.7 Å². The van der Waals surface area contributed by atoms with Crippen LogP contribution in [0.5, 0.6) is 0 Å². The lowest BCUT2D eigenvalue weighted by molar-refractivity contribution is -0.119. The lowest BCUT2D eigenvalue weighted by Crippen LogP contribution is -2.22. The van der Waals surface area contributed by atoms with Gasteiger partial charge in [-0.05, 0) is 42.6 Å². The third-order valence-corrected chi connectivity index (χ3v) is 6.58. The number of para-hydroxylation sites is 1. The number of nitrogens with one attached hydrogen (secondary N) is 2. The molecule has 1 aromatic heterocycles. The second-order valence-corrected chi connectivity index (χ2v) is 8.93. The average Bonchev–Trinajstić information content (AvgIpc) is 3.24. The highest BCUT2D eigenvalue weighted by Crippen LogP contribution is 2.23. The zero-order valence-electron chi connectivity index (χ0n) is 15.4. The van der Waals surface area contributed by atoms with Crippen LogP contribution in [0.25, 0.3) is 0 Å². The third kappa shape index (κ3) is 5.43. The maximum atomic E-state index is 12.4. The van der Waals surface area contributed by atoms with Crippen molar-refractivity contribution in [2.45, 2.75) is 11.1 Å². The molecule has 29 heavy (non-hydrogen) atoms. The lowest BCUT2D eigenvalue weighted by atomic mass is 10.2. The molecule has 0 fully saturated rings. The van der Waals surface area contributed by atoms with Crippen LogP contribution in [-0.4, -0.2) is 26.9 Å². The molecule has 7 nitrogen and oxygen atoms in total. The van der Waals surface area contributed by atoms with E-state index in [0.717, 1.165) is 16.9 Å². The zero-order chi connectivity index (χ0) is 20.9. The molecule has 3 rings (SSSR count). The Labute approximate surface area is 172 Å². The van der Waals surface area contributed by atoms with Crippen LogP contribution in [0, 0.1) is 6.92 Å². The van der Waals surface area contributed by atoms with E-state index in [1.807, 2.05) is 19.1 Å². The first-order valence-corrected chi connectivity index (χ1v) is 10.9. The number of hydrogen-bond donors (Lipinski definition) is 2. The number of carbonyl (C=O) groups is 2. The van der Waals surface area contributed by atoms with E-state index in [0.29, 0.717) is 5.69 Å². The SMILES string of the molecule is Cc1ccc(NC(=O)COC(=O)c2ccccc2NS(=O)(=O)c2cccs2)cc1. The first kappa shape index (κ1) is 20.6. The second-order valence-electron chi connectivity index (χ2n) is 6.07. The van der Waals surface area contributed by atoms with E-state index < -0.39 is 28.5 Å². The minimum atomic E-state index is -3.82. The second kappa shape index (κ2) is 8.89. The van der Waals surface area contributed by atoms with Crippen molar-refractivity contribution in [2.75, 3.05) is 16.6 Å². The van der Waals surface area contributed by atoms with Crippen molar-refractivity contribution in [3.63, 3.8) is 0 Å². The fraction of sp³-hybridized carbons (Fsp3) is 0.100. The quantitative estimate of drug-likeness (QED) is 0.557. The number of benzene rings is 2. The number of ether oxygens (including phenoxy) is 1. The van der Waals surface area contributed by atoms with E-state index in [-0.39, 0.29) is 15.5 Å².